The molecule has 0 aliphatic carbocycles. The van der Waals surface area contributed by atoms with E-state index in [0.717, 1.165) is 26.5 Å². The third-order valence-corrected chi connectivity index (χ3v) is 4.51. The highest BCUT2D eigenvalue weighted by Gasteiger charge is 2.17. The third kappa shape index (κ3) is 1.64. The lowest BCUT2D eigenvalue weighted by Gasteiger charge is -2.01. The maximum absolute atomic E-state index is 6.09. The van der Waals surface area contributed by atoms with Crippen LogP contribution in [0.2, 0.25) is 0 Å². The topological polar surface area (TPSA) is 56.2 Å². The summed E-state index contributed by atoms with van der Waals surface area (Å²) in [4.78, 5) is 1.22. The van der Waals surface area contributed by atoms with Crippen LogP contribution < -0.4 is 5.73 Å². The highest BCUT2D eigenvalue weighted by Crippen LogP contribution is 2.37. The lowest BCUT2D eigenvalue weighted by atomic mass is 10.1. The van der Waals surface area contributed by atoms with E-state index in [4.69, 9.17) is 5.73 Å². The number of anilines is 1. The van der Waals surface area contributed by atoms with E-state index in [9.17, 15) is 0 Å². The zero-order chi connectivity index (χ0) is 12.9. The maximum Gasteiger partial charge on any atom is 0.171 e. The number of pyridine rings is 1. The van der Waals surface area contributed by atoms with Crippen molar-refractivity contribution in [3.8, 4) is 11.4 Å². The molecule has 6 heteroatoms. The van der Waals surface area contributed by atoms with Crippen molar-refractivity contribution in [3.63, 3.8) is 0 Å². The molecule has 0 aliphatic heterocycles. The molecule has 2 N–H and O–H groups in total. The summed E-state index contributed by atoms with van der Waals surface area (Å²) in [5.74, 6) is 0.797. The van der Waals surface area contributed by atoms with Crippen LogP contribution in [0.25, 0.3) is 17.0 Å². The average Bonchev–Trinajstić information content (AvgIpc) is 2.82. The molecule has 0 fully saturated rings. The van der Waals surface area contributed by atoms with Gasteiger partial charge in [-0.05, 0) is 47.5 Å². The second-order valence-electron chi connectivity index (χ2n) is 4.12. The van der Waals surface area contributed by atoms with Gasteiger partial charge < -0.3 is 5.73 Å². The largest absolute Gasteiger partial charge is 0.390 e. The number of nitrogens with zero attached hydrogens (tertiary/aromatic N) is 3. The molecule has 3 aromatic heterocycles. The molecule has 0 aliphatic rings. The second kappa shape index (κ2) is 4.07. The van der Waals surface area contributed by atoms with E-state index in [1.807, 2.05) is 22.7 Å². The second-order valence-corrected chi connectivity index (χ2v) is 6.29. The minimum absolute atomic E-state index is 0.791. The van der Waals surface area contributed by atoms with Gasteiger partial charge in [0.25, 0.3) is 0 Å². The summed E-state index contributed by atoms with van der Waals surface area (Å²) in [6, 6.07) is 3.87. The van der Waals surface area contributed by atoms with Crippen LogP contribution in [-0.2, 0) is 0 Å². The first-order chi connectivity index (χ1) is 8.58. The zero-order valence-electron chi connectivity index (χ0n) is 9.94. The van der Waals surface area contributed by atoms with Crippen LogP contribution in [0.1, 0.15) is 10.4 Å². The van der Waals surface area contributed by atoms with Gasteiger partial charge in [-0.25, -0.2) is 0 Å². The summed E-state index contributed by atoms with van der Waals surface area (Å²) in [5.41, 5.74) is 9.07. The smallest absolute Gasteiger partial charge is 0.171 e. The Kier molecular flexibility index (Phi) is 2.64. The molecule has 0 saturated heterocycles. The molecule has 0 unspecified atom stereocenters. The molecule has 18 heavy (non-hydrogen) atoms. The summed E-state index contributed by atoms with van der Waals surface area (Å²) in [6.07, 6.45) is 1.95. The highest BCUT2D eigenvalue weighted by atomic mass is 79.9. The number of aryl methyl sites for hydroxylation is 1. The van der Waals surface area contributed by atoms with Gasteiger partial charge >= 0.3 is 0 Å². The van der Waals surface area contributed by atoms with Crippen LogP contribution in [0.15, 0.2) is 22.8 Å². The number of rotatable bonds is 1. The van der Waals surface area contributed by atoms with Gasteiger partial charge in [-0.15, -0.1) is 21.5 Å². The average molecular weight is 323 g/mol. The van der Waals surface area contributed by atoms with Gasteiger partial charge in [-0.2, -0.15) is 0 Å². The fourth-order valence-corrected chi connectivity index (χ4v) is 3.23. The number of hydrogen-bond acceptors (Lipinski definition) is 4. The Labute approximate surface area is 117 Å². The van der Waals surface area contributed by atoms with Crippen LogP contribution >= 0.6 is 27.3 Å². The summed E-state index contributed by atoms with van der Waals surface area (Å²) in [7, 11) is 0. The highest BCUT2D eigenvalue weighted by molar-refractivity contribution is 9.10. The van der Waals surface area contributed by atoms with E-state index in [2.05, 4.69) is 40.0 Å². The van der Waals surface area contributed by atoms with E-state index >= 15 is 0 Å². The first kappa shape index (κ1) is 11.7. The molecule has 0 saturated carbocycles. The molecule has 0 bridgehead atoms. The first-order valence-electron chi connectivity index (χ1n) is 5.44. The number of fused-ring (bicyclic) bond motifs is 1. The van der Waals surface area contributed by atoms with Crippen molar-refractivity contribution in [1.29, 1.82) is 0 Å². The van der Waals surface area contributed by atoms with Crippen molar-refractivity contribution in [2.75, 3.05) is 5.73 Å². The Morgan fingerprint density at radius 2 is 2.06 bits per heavy atom. The van der Waals surface area contributed by atoms with Crippen molar-refractivity contribution >= 4 is 37.9 Å². The summed E-state index contributed by atoms with van der Waals surface area (Å²) in [6.45, 7) is 4.13. The van der Waals surface area contributed by atoms with Crippen molar-refractivity contribution in [1.82, 2.24) is 14.6 Å². The van der Waals surface area contributed by atoms with Crippen LogP contribution in [0, 0.1) is 13.8 Å². The Balaban J connectivity index is 2.35. The molecular weight excluding hydrogens is 312 g/mol. The molecule has 3 rings (SSSR count). The van der Waals surface area contributed by atoms with Gasteiger partial charge in [0.15, 0.2) is 11.5 Å². The SMILES string of the molecule is Cc1sc(N)c(-c2nnc3ccc(Br)cn23)c1C. The zero-order valence-corrected chi connectivity index (χ0v) is 12.3. The quantitative estimate of drug-likeness (QED) is 0.746. The van der Waals surface area contributed by atoms with Gasteiger partial charge in [0.05, 0.1) is 10.6 Å². The number of nitrogen functional groups attached to an aromatic ring is 1. The monoisotopic (exact) mass is 322 g/mol. The molecular formula is C12H11BrN4S. The van der Waals surface area contributed by atoms with Crippen molar-refractivity contribution < 1.29 is 0 Å². The van der Waals surface area contributed by atoms with E-state index in [1.54, 1.807) is 11.3 Å². The van der Waals surface area contributed by atoms with Crippen LogP contribution in [-0.4, -0.2) is 14.6 Å². The van der Waals surface area contributed by atoms with Gasteiger partial charge in [0.1, 0.15) is 0 Å². The van der Waals surface area contributed by atoms with E-state index in [-0.39, 0.29) is 0 Å². The van der Waals surface area contributed by atoms with Crippen LogP contribution in [0.4, 0.5) is 5.00 Å². The summed E-state index contributed by atoms with van der Waals surface area (Å²) < 4.78 is 2.94. The summed E-state index contributed by atoms with van der Waals surface area (Å²) >= 11 is 5.05. The lowest BCUT2D eigenvalue weighted by molar-refractivity contribution is 1.11. The number of thiophene rings is 1. The Morgan fingerprint density at radius 3 is 2.72 bits per heavy atom. The van der Waals surface area contributed by atoms with Gasteiger partial charge in [0, 0.05) is 15.5 Å². The normalized spacial score (nSPS) is 11.3. The maximum atomic E-state index is 6.09. The minimum Gasteiger partial charge on any atom is -0.390 e. The third-order valence-electron chi connectivity index (χ3n) is 3.00. The molecule has 0 spiro atoms. The Hall–Kier alpha value is -1.40. The molecule has 92 valence electrons. The predicted octanol–water partition coefficient (Wildman–Crippen LogP) is 3.42. The number of hydrogen-bond donors (Lipinski definition) is 1. The molecule has 0 radical (unpaired) electrons. The van der Waals surface area contributed by atoms with Crippen LogP contribution in [0.3, 0.4) is 0 Å². The van der Waals surface area contributed by atoms with Crippen molar-refractivity contribution in [3.05, 3.63) is 33.2 Å². The predicted molar refractivity (Wildman–Crippen MR) is 77.9 cm³/mol. The standard InChI is InChI=1S/C12H11BrN4S/c1-6-7(2)18-11(14)10(6)12-16-15-9-4-3-8(13)5-17(9)12/h3-5H,14H2,1-2H3. The van der Waals surface area contributed by atoms with E-state index in [1.165, 1.54) is 10.4 Å². The molecule has 0 atom stereocenters. The van der Waals surface area contributed by atoms with Gasteiger partial charge in [-0.3, -0.25) is 4.40 Å². The van der Waals surface area contributed by atoms with Crippen molar-refractivity contribution in [2.24, 2.45) is 0 Å². The fourth-order valence-electron chi connectivity index (χ4n) is 1.97. The number of nitrogens with two attached hydrogens (primary N) is 1. The Morgan fingerprint density at radius 1 is 1.28 bits per heavy atom. The van der Waals surface area contributed by atoms with Gasteiger partial charge in [-0.1, -0.05) is 0 Å². The number of halogens is 1. The molecule has 3 heterocycles. The fraction of sp³-hybridized carbons (Fsp3) is 0.167. The first-order valence-corrected chi connectivity index (χ1v) is 7.05. The van der Waals surface area contributed by atoms with Gasteiger partial charge in [0.2, 0.25) is 0 Å². The molecule has 0 aromatic carbocycles. The lowest BCUT2D eigenvalue weighted by Crippen LogP contribution is -1.93. The Bertz CT molecular complexity index is 744. The number of aromatic nitrogens is 3. The van der Waals surface area contributed by atoms with E-state index < -0.39 is 0 Å². The summed E-state index contributed by atoms with van der Waals surface area (Å²) in [5, 5.41) is 9.22. The minimum atomic E-state index is 0.791. The molecule has 4 nitrogen and oxygen atoms in total. The van der Waals surface area contributed by atoms with Crippen LogP contribution in [0.5, 0.6) is 0 Å². The molecule has 0 amide bonds. The molecule has 3 aromatic rings. The van der Waals surface area contributed by atoms with E-state index in [0.29, 0.717) is 0 Å². The van der Waals surface area contributed by atoms with Crippen molar-refractivity contribution in [2.45, 2.75) is 13.8 Å².